The van der Waals surface area contributed by atoms with E-state index in [9.17, 15) is 5.11 Å². The molecule has 1 N–H and O–H groups in total. The fourth-order valence-corrected chi connectivity index (χ4v) is 2.67. The summed E-state index contributed by atoms with van der Waals surface area (Å²) in [6, 6.07) is 13.7. The molecule has 3 heteroatoms. The average molecular weight is 335 g/mol. The number of aliphatic hydroxyl groups excluding tert-OH is 1. The second-order valence-electron chi connectivity index (χ2n) is 5.19. The largest absolute Gasteiger partial charge is 0.457 e. The highest BCUT2D eigenvalue weighted by molar-refractivity contribution is 9.10. The third-order valence-corrected chi connectivity index (χ3v) is 3.87. The van der Waals surface area contributed by atoms with E-state index in [1.807, 2.05) is 30.3 Å². The molecule has 0 saturated heterocycles. The Balaban J connectivity index is 2.22. The van der Waals surface area contributed by atoms with E-state index in [2.05, 4.69) is 41.9 Å². The lowest BCUT2D eigenvalue weighted by Gasteiger charge is -2.12. The van der Waals surface area contributed by atoms with Crippen molar-refractivity contribution in [1.82, 2.24) is 0 Å². The minimum Gasteiger partial charge on any atom is -0.457 e. The predicted octanol–water partition coefficient (Wildman–Crippen LogP) is 5.42. The maximum Gasteiger partial charge on any atom is 0.128 e. The van der Waals surface area contributed by atoms with E-state index in [1.165, 1.54) is 5.56 Å². The Labute approximate surface area is 128 Å². The van der Waals surface area contributed by atoms with Gasteiger partial charge in [0.1, 0.15) is 11.5 Å². The fourth-order valence-electron chi connectivity index (χ4n) is 1.98. The number of ether oxygens (including phenoxy) is 1. The summed E-state index contributed by atoms with van der Waals surface area (Å²) < 4.78 is 6.72. The Morgan fingerprint density at radius 3 is 2.30 bits per heavy atom. The first kappa shape index (κ1) is 15.1. The normalized spacial score (nSPS) is 12.5. The summed E-state index contributed by atoms with van der Waals surface area (Å²) in [7, 11) is 0. The molecule has 2 rings (SSSR count). The van der Waals surface area contributed by atoms with Crippen molar-refractivity contribution in [2.24, 2.45) is 0 Å². The number of rotatable bonds is 4. The van der Waals surface area contributed by atoms with Crippen molar-refractivity contribution in [1.29, 1.82) is 0 Å². The van der Waals surface area contributed by atoms with Crippen LogP contribution in [0.25, 0.3) is 0 Å². The third-order valence-electron chi connectivity index (χ3n) is 3.18. The highest BCUT2D eigenvalue weighted by atomic mass is 79.9. The molecule has 0 saturated carbocycles. The molecular formula is C17H19BrO2. The molecule has 0 amide bonds. The molecule has 0 aliphatic heterocycles. The Morgan fingerprint density at radius 1 is 1.00 bits per heavy atom. The van der Waals surface area contributed by atoms with Crippen molar-refractivity contribution >= 4 is 15.9 Å². The van der Waals surface area contributed by atoms with E-state index in [4.69, 9.17) is 4.74 Å². The Kier molecular flexibility index (Phi) is 4.84. The molecule has 0 heterocycles. The first-order valence-electron chi connectivity index (χ1n) is 6.72. The van der Waals surface area contributed by atoms with Gasteiger partial charge in [0, 0.05) is 4.47 Å². The number of aliphatic hydroxyl groups is 1. The maximum atomic E-state index is 9.61. The van der Waals surface area contributed by atoms with Crippen LogP contribution in [0.3, 0.4) is 0 Å². The highest BCUT2D eigenvalue weighted by Crippen LogP contribution is 2.31. The van der Waals surface area contributed by atoms with Crippen LogP contribution in [-0.2, 0) is 0 Å². The predicted molar refractivity (Wildman–Crippen MR) is 85.4 cm³/mol. The van der Waals surface area contributed by atoms with Gasteiger partial charge in [0.05, 0.1) is 6.10 Å². The van der Waals surface area contributed by atoms with Crippen LogP contribution in [0.5, 0.6) is 11.5 Å². The minimum atomic E-state index is -0.498. The van der Waals surface area contributed by atoms with Gasteiger partial charge >= 0.3 is 0 Å². The highest BCUT2D eigenvalue weighted by Gasteiger charge is 2.08. The molecule has 20 heavy (non-hydrogen) atoms. The van der Waals surface area contributed by atoms with E-state index in [0.29, 0.717) is 5.92 Å². The van der Waals surface area contributed by atoms with Crippen molar-refractivity contribution in [2.45, 2.75) is 32.8 Å². The first-order valence-corrected chi connectivity index (χ1v) is 7.52. The van der Waals surface area contributed by atoms with Crippen LogP contribution >= 0.6 is 15.9 Å². The van der Waals surface area contributed by atoms with Crippen LogP contribution in [0.2, 0.25) is 0 Å². The summed E-state index contributed by atoms with van der Waals surface area (Å²) in [4.78, 5) is 0. The molecule has 2 aromatic carbocycles. The lowest BCUT2D eigenvalue weighted by molar-refractivity contribution is 0.198. The van der Waals surface area contributed by atoms with Crippen LogP contribution in [-0.4, -0.2) is 5.11 Å². The van der Waals surface area contributed by atoms with Crippen LogP contribution in [0.15, 0.2) is 46.9 Å². The fraction of sp³-hybridized carbons (Fsp3) is 0.294. The average Bonchev–Trinajstić information content (AvgIpc) is 2.38. The van der Waals surface area contributed by atoms with Gasteiger partial charge < -0.3 is 9.84 Å². The Bertz CT molecular complexity index is 591. The molecule has 2 nitrogen and oxygen atoms in total. The SMILES string of the molecule is CC(C)c1cccc(Oc2ccc([C@H](C)O)c(Br)c2)c1. The van der Waals surface area contributed by atoms with E-state index in [-0.39, 0.29) is 0 Å². The van der Waals surface area contributed by atoms with Gasteiger partial charge in [0.15, 0.2) is 0 Å². The Morgan fingerprint density at radius 2 is 1.70 bits per heavy atom. The minimum absolute atomic E-state index is 0.475. The van der Waals surface area contributed by atoms with Gasteiger partial charge in [0.25, 0.3) is 0 Å². The van der Waals surface area contributed by atoms with Crippen LogP contribution in [0.1, 0.15) is 43.9 Å². The molecule has 0 aliphatic rings. The standard InChI is InChI=1S/C17H19BrO2/c1-11(2)13-5-4-6-14(9-13)20-15-7-8-16(12(3)19)17(18)10-15/h4-12,19H,1-3H3/t12-/m0/s1. The van der Waals surface area contributed by atoms with Gasteiger partial charge in [-0.05, 0) is 48.2 Å². The van der Waals surface area contributed by atoms with Crippen molar-refractivity contribution in [3.63, 3.8) is 0 Å². The quantitative estimate of drug-likeness (QED) is 0.809. The van der Waals surface area contributed by atoms with Crippen LogP contribution in [0.4, 0.5) is 0 Å². The second-order valence-corrected chi connectivity index (χ2v) is 6.04. The van der Waals surface area contributed by atoms with E-state index in [1.54, 1.807) is 6.92 Å². The molecule has 0 unspecified atom stereocenters. The second kappa shape index (κ2) is 6.42. The molecule has 1 atom stereocenters. The summed E-state index contributed by atoms with van der Waals surface area (Å²) in [6.45, 7) is 6.06. The van der Waals surface area contributed by atoms with E-state index in [0.717, 1.165) is 21.5 Å². The summed E-state index contributed by atoms with van der Waals surface area (Å²) in [5, 5.41) is 9.61. The van der Waals surface area contributed by atoms with Crippen LogP contribution < -0.4 is 4.74 Å². The number of hydrogen-bond acceptors (Lipinski definition) is 2. The number of benzene rings is 2. The summed E-state index contributed by atoms with van der Waals surface area (Å²) >= 11 is 3.46. The molecule has 0 bridgehead atoms. The maximum absolute atomic E-state index is 9.61. The molecule has 106 valence electrons. The molecule has 0 fully saturated rings. The molecule has 0 aromatic heterocycles. The topological polar surface area (TPSA) is 29.5 Å². The Hall–Kier alpha value is -1.32. The van der Waals surface area contributed by atoms with Crippen molar-refractivity contribution in [3.8, 4) is 11.5 Å². The van der Waals surface area contributed by atoms with E-state index < -0.39 is 6.10 Å². The monoisotopic (exact) mass is 334 g/mol. The summed E-state index contributed by atoms with van der Waals surface area (Å²) in [6.07, 6.45) is -0.498. The number of halogens is 1. The lowest BCUT2D eigenvalue weighted by atomic mass is 10.0. The summed E-state index contributed by atoms with van der Waals surface area (Å²) in [5.74, 6) is 2.05. The van der Waals surface area contributed by atoms with Crippen molar-refractivity contribution < 1.29 is 9.84 Å². The zero-order valence-electron chi connectivity index (χ0n) is 11.9. The first-order chi connectivity index (χ1) is 9.47. The zero-order chi connectivity index (χ0) is 14.7. The zero-order valence-corrected chi connectivity index (χ0v) is 13.5. The molecule has 2 aromatic rings. The van der Waals surface area contributed by atoms with Gasteiger partial charge in [-0.2, -0.15) is 0 Å². The molecule has 0 aliphatic carbocycles. The molecule has 0 spiro atoms. The van der Waals surface area contributed by atoms with Gasteiger partial charge in [-0.3, -0.25) is 0 Å². The summed E-state index contributed by atoms with van der Waals surface area (Å²) in [5.41, 5.74) is 2.11. The van der Waals surface area contributed by atoms with Gasteiger partial charge in [-0.15, -0.1) is 0 Å². The van der Waals surface area contributed by atoms with E-state index >= 15 is 0 Å². The molecular weight excluding hydrogens is 316 g/mol. The molecule has 0 radical (unpaired) electrons. The van der Waals surface area contributed by atoms with Crippen LogP contribution in [0, 0.1) is 0 Å². The third kappa shape index (κ3) is 3.62. The smallest absolute Gasteiger partial charge is 0.128 e. The number of hydrogen-bond donors (Lipinski definition) is 1. The van der Waals surface area contributed by atoms with Gasteiger partial charge in [0.2, 0.25) is 0 Å². The van der Waals surface area contributed by atoms with Crippen molar-refractivity contribution in [2.75, 3.05) is 0 Å². The lowest BCUT2D eigenvalue weighted by Crippen LogP contribution is -1.94. The van der Waals surface area contributed by atoms with Gasteiger partial charge in [-0.25, -0.2) is 0 Å². The van der Waals surface area contributed by atoms with Crippen molar-refractivity contribution in [3.05, 3.63) is 58.1 Å². The van der Waals surface area contributed by atoms with Gasteiger partial charge in [-0.1, -0.05) is 48.0 Å².